The summed E-state index contributed by atoms with van der Waals surface area (Å²) in [5.74, 6) is 0.450. The lowest BCUT2D eigenvalue weighted by Gasteiger charge is -2.23. The van der Waals surface area contributed by atoms with Gasteiger partial charge in [0.05, 0.1) is 25.6 Å². The molecule has 3 aromatic carbocycles. The molecule has 6 heteroatoms. The predicted octanol–water partition coefficient (Wildman–Crippen LogP) is 4.28. The molecule has 0 saturated carbocycles. The van der Waals surface area contributed by atoms with E-state index in [4.69, 9.17) is 4.74 Å². The number of methoxy groups -OCH3 is 1. The first-order valence-corrected chi connectivity index (χ1v) is 10.3. The van der Waals surface area contributed by atoms with E-state index >= 15 is 0 Å². The molecule has 0 aromatic heterocycles. The Bertz CT molecular complexity index is 988. The average Bonchev–Trinajstić information content (AvgIpc) is 2.82. The molecular weight excluding hydrogens is 388 g/mol. The summed E-state index contributed by atoms with van der Waals surface area (Å²) in [5.41, 5.74) is 6.64. The van der Waals surface area contributed by atoms with Crippen LogP contribution in [0.3, 0.4) is 0 Å². The number of rotatable bonds is 10. The molecule has 0 aliphatic rings. The zero-order valence-electron chi connectivity index (χ0n) is 17.9. The van der Waals surface area contributed by atoms with Crippen LogP contribution in [0, 0.1) is 0 Å². The van der Waals surface area contributed by atoms with E-state index in [1.807, 2.05) is 42.5 Å². The number of hydrogen-bond donors (Lipinski definition) is 2. The maximum atomic E-state index is 12.0. The molecule has 3 rings (SSSR count). The van der Waals surface area contributed by atoms with E-state index in [9.17, 15) is 4.79 Å². The van der Waals surface area contributed by atoms with Gasteiger partial charge in [-0.25, -0.2) is 5.43 Å². The summed E-state index contributed by atoms with van der Waals surface area (Å²) in [7, 11) is 1.59. The van der Waals surface area contributed by atoms with Crippen LogP contribution < -0.4 is 20.4 Å². The van der Waals surface area contributed by atoms with Crippen molar-refractivity contribution in [3.05, 3.63) is 90.0 Å². The molecular formula is C25H28N4O2. The molecule has 0 bridgehead atoms. The van der Waals surface area contributed by atoms with Gasteiger partial charge in [0, 0.05) is 18.8 Å². The third-order valence-corrected chi connectivity index (χ3v) is 4.81. The molecule has 160 valence electrons. The number of hydrazone groups is 1. The van der Waals surface area contributed by atoms with Gasteiger partial charge in [0.15, 0.2) is 0 Å². The Morgan fingerprint density at radius 1 is 1.00 bits per heavy atom. The number of anilines is 2. The van der Waals surface area contributed by atoms with Gasteiger partial charge in [-0.3, -0.25) is 4.79 Å². The van der Waals surface area contributed by atoms with Crippen molar-refractivity contribution >= 4 is 23.5 Å². The highest BCUT2D eigenvalue weighted by molar-refractivity contribution is 5.84. The van der Waals surface area contributed by atoms with Gasteiger partial charge < -0.3 is 15.0 Å². The van der Waals surface area contributed by atoms with E-state index in [-0.39, 0.29) is 12.5 Å². The van der Waals surface area contributed by atoms with Crippen molar-refractivity contribution in [3.63, 3.8) is 0 Å². The van der Waals surface area contributed by atoms with Gasteiger partial charge in [-0.2, -0.15) is 5.10 Å². The fourth-order valence-corrected chi connectivity index (χ4v) is 3.15. The minimum atomic E-state index is -0.237. The first-order valence-electron chi connectivity index (χ1n) is 10.3. The van der Waals surface area contributed by atoms with Crippen LogP contribution in [0.25, 0.3) is 0 Å². The summed E-state index contributed by atoms with van der Waals surface area (Å²) in [6, 6.07) is 26.0. The number of carbonyl (C=O) groups excluding carboxylic acids is 1. The maximum absolute atomic E-state index is 12.0. The highest BCUT2D eigenvalue weighted by atomic mass is 16.5. The lowest BCUT2D eigenvalue weighted by atomic mass is 10.1. The fourth-order valence-electron chi connectivity index (χ4n) is 3.15. The molecule has 0 fully saturated rings. The van der Waals surface area contributed by atoms with Crippen LogP contribution in [0.1, 0.15) is 18.1 Å². The molecule has 31 heavy (non-hydrogen) atoms. The fraction of sp³-hybridized carbons (Fsp3) is 0.200. The summed E-state index contributed by atoms with van der Waals surface area (Å²) in [6.45, 7) is 4.02. The number of para-hydroxylation sites is 2. The molecule has 0 spiro atoms. The van der Waals surface area contributed by atoms with Gasteiger partial charge in [-0.15, -0.1) is 0 Å². The molecule has 0 heterocycles. The Morgan fingerprint density at radius 2 is 1.71 bits per heavy atom. The topological polar surface area (TPSA) is 66.0 Å². The number of nitrogens with one attached hydrogen (secondary N) is 2. The summed E-state index contributed by atoms with van der Waals surface area (Å²) >= 11 is 0. The van der Waals surface area contributed by atoms with Crippen LogP contribution >= 0.6 is 0 Å². The monoisotopic (exact) mass is 416 g/mol. The molecule has 6 nitrogen and oxygen atoms in total. The number of carbonyl (C=O) groups is 1. The first-order chi connectivity index (χ1) is 15.2. The van der Waals surface area contributed by atoms with Crippen LogP contribution in [0.15, 0.2) is 84.0 Å². The van der Waals surface area contributed by atoms with Crippen LogP contribution in [-0.2, 0) is 11.3 Å². The van der Waals surface area contributed by atoms with Crippen molar-refractivity contribution in [2.45, 2.75) is 13.5 Å². The van der Waals surface area contributed by atoms with E-state index in [2.05, 4.69) is 64.1 Å². The highest BCUT2D eigenvalue weighted by Gasteiger charge is 2.06. The molecule has 0 radical (unpaired) electrons. The summed E-state index contributed by atoms with van der Waals surface area (Å²) in [6.07, 6.45) is 1.64. The maximum Gasteiger partial charge on any atom is 0.259 e. The second kappa shape index (κ2) is 11.4. The van der Waals surface area contributed by atoms with E-state index in [1.165, 1.54) is 5.56 Å². The van der Waals surface area contributed by atoms with Crippen molar-refractivity contribution in [1.82, 2.24) is 5.43 Å². The van der Waals surface area contributed by atoms with Crippen molar-refractivity contribution in [2.24, 2.45) is 5.10 Å². The van der Waals surface area contributed by atoms with Gasteiger partial charge >= 0.3 is 0 Å². The lowest BCUT2D eigenvalue weighted by Crippen LogP contribution is -2.26. The molecule has 0 saturated heterocycles. The number of nitrogens with zero attached hydrogens (tertiary/aromatic N) is 2. The minimum Gasteiger partial charge on any atom is -0.495 e. The quantitative estimate of drug-likeness (QED) is 0.382. The van der Waals surface area contributed by atoms with Crippen LogP contribution in [-0.4, -0.2) is 32.3 Å². The molecule has 0 aliphatic heterocycles. The molecule has 0 unspecified atom stereocenters. The highest BCUT2D eigenvalue weighted by Crippen LogP contribution is 2.22. The van der Waals surface area contributed by atoms with Crippen LogP contribution in [0.4, 0.5) is 11.4 Å². The van der Waals surface area contributed by atoms with Crippen molar-refractivity contribution < 1.29 is 9.53 Å². The Labute approximate surface area is 183 Å². The third-order valence-electron chi connectivity index (χ3n) is 4.81. The van der Waals surface area contributed by atoms with Crippen molar-refractivity contribution in [3.8, 4) is 5.75 Å². The number of amides is 1. The largest absolute Gasteiger partial charge is 0.495 e. The summed E-state index contributed by atoms with van der Waals surface area (Å²) in [5, 5.41) is 7.09. The number of hydrogen-bond acceptors (Lipinski definition) is 5. The summed E-state index contributed by atoms with van der Waals surface area (Å²) in [4.78, 5) is 14.3. The first kappa shape index (κ1) is 21.9. The van der Waals surface area contributed by atoms with Crippen LogP contribution in [0.5, 0.6) is 5.75 Å². The van der Waals surface area contributed by atoms with E-state index < -0.39 is 0 Å². The number of benzene rings is 3. The molecule has 2 N–H and O–H groups in total. The lowest BCUT2D eigenvalue weighted by molar-refractivity contribution is -0.119. The van der Waals surface area contributed by atoms with E-state index in [1.54, 1.807) is 13.3 Å². The van der Waals surface area contributed by atoms with E-state index in [0.29, 0.717) is 5.75 Å². The van der Waals surface area contributed by atoms with Gasteiger partial charge in [-0.05, 0) is 42.3 Å². The third kappa shape index (κ3) is 6.60. The summed E-state index contributed by atoms with van der Waals surface area (Å²) < 4.78 is 5.26. The zero-order chi connectivity index (χ0) is 21.9. The van der Waals surface area contributed by atoms with Gasteiger partial charge in [0.25, 0.3) is 5.91 Å². The zero-order valence-corrected chi connectivity index (χ0v) is 17.9. The Morgan fingerprint density at radius 3 is 2.42 bits per heavy atom. The van der Waals surface area contributed by atoms with Gasteiger partial charge in [-0.1, -0.05) is 54.6 Å². The normalized spacial score (nSPS) is 10.6. The van der Waals surface area contributed by atoms with Crippen LogP contribution in [0.2, 0.25) is 0 Å². The number of ether oxygens (including phenoxy) is 1. The minimum absolute atomic E-state index is 0.0988. The Hall–Kier alpha value is -3.80. The smallest absolute Gasteiger partial charge is 0.259 e. The molecule has 0 aliphatic carbocycles. The van der Waals surface area contributed by atoms with Gasteiger partial charge in [0.1, 0.15) is 5.75 Å². The SMILES string of the molecule is CCN(Cc1ccccc1)c1ccc(/C=N\NC(=O)CNc2ccccc2OC)cc1. The molecule has 0 atom stereocenters. The standard InChI is InChI=1S/C25H28N4O2/c1-3-29(19-21-9-5-4-6-10-21)22-15-13-20(14-16-22)17-27-28-25(30)18-26-23-11-7-8-12-24(23)31-2/h4-17,26H,3,18-19H2,1-2H3,(H,28,30)/b27-17-. The Kier molecular flexibility index (Phi) is 8.05. The molecule has 1 amide bonds. The van der Waals surface area contributed by atoms with Gasteiger partial charge in [0.2, 0.25) is 0 Å². The van der Waals surface area contributed by atoms with Crippen molar-refractivity contribution in [1.29, 1.82) is 0 Å². The van der Waals surface area contributed by atoms with E-state index in [0.717, 1.165) is 30.0 Å². The predicted molar refractivity (Wildman–Crippen MR) is 127 cm³/mol. The Balaban J connectivity index is 1.50. The van der Waals surface area contributed by atoms with Crippen molar-refractivity contribution in [2.75, 3.05) is 30.4 Å². The second-order valence-electron chi connectivity index (χ2n) is 6.94. The second-order valence-corrected chi connectivity index (χ2v) is 6.94. The average molecular weight is 417 g/mol. The molecule has 3 aromatic rings.